The predicted octanol–water partition coefficient (Wildman–Crippen LogP) is -4.82. The van der Waals surface area contributed by atoms with Gasteiger partial charge in [-0.05, 0) is 48.2 Å². The summed E-state index contributed by atoms with van der Waals surface area (Å²) in [5.74, 6) is -0.926. The molecule has 0 unspecified atom stereocenters. The first kappa shape index (κ1) is 31.2. The molecular weight excluding hydrogens is 506 g/mol. The molecule has 1 aliphatic rings. The molecule has 0 aromatic heterocycles. The molecule has 0 aliphatic heterocycles. The molecule has 1 saturated carbocycles. The molecule has 34 heavy (non-hydrogen) atoms. The van der Waals surface area contributed by atoms with Gasteiger partial charge in [0.2, 0.25) is 0 Å². The van der Waals surface area contributed by atoms with Crippen molar-refractivity contribution in [2.45, 2.75) is 47.6 Å². The maximum atomic E-state index is 12.0. The van der Waals surface area contributed by atoms with E-state index in [9.17, 15) is 27.0 Å². The molecule has 0 bridgehead atoms. The van der Waals surface area contributed by atoms with Gasteiger partial charge in [-0.2, -0.15) is 16.8 Å². The van der Waals surface area contributed by atoms with Crippen molar-refractivity contribution in [3.8, 4) is 11.5 Å². The van der Waals surface area contributed by atoms with Crippen molar-refractivity contribution in [2.24, 2.45) is 9.98 Å². The monoisotopic (exact) mass is 526 g/mol. The van der Waals surface area contributed by atoms with Gasteiger partial charge in [0.25, 0.3) is 20.2 Å². The molecule has 2 aromatic carbocycles. The van der Waals surface area contributed by atoms with Crippen LogP contribution in [0.15, 0.2) is 56.2 Å². The van der Waals surface area contributed by atoms with E-state index < -0.39 is 41.5 Å². The zero-order valence-electron chi connectivity index (χ0n) is 18.7. The van der Waals surface area contributed by atoms with E-state index in [4.69, 9.17) is 9.11 Å². The maximum Gasteiger partial charge on any atom is 1.00 e. The first-order chi connectivity index (χ1) is 14.9. The second-order valence-corrected chi connectivity index (χ2v) is 10.2. The number of rotatable bonds is 6. The first-order valence-corrected chi connectivity index (χ1v) is 12.5. The molecule has 0 heterocycles. The van der Waals surface area contributed by atoms with Crippen molar-refractivity contribution in [3.05, 3.63) is 47.5 Å². The van der Waals surface area contributed by atoms with E-state index in [1.807, 2.05) is 0 Å². The molecule has 1 aliphatic carbocycles. The van der Waals surface area contributed by atoms with E-state index in [-0.39, 0.29) is 82.3 Å². The third kappa shape index (κ3) is 8.40. The summed E-state index contributed by atoms with van der Waals surface area (Å²) in [6, 6.07) is 5.42. The van der Waals surface area contributed by atoms with Crippen LogP contribution in [0.3, 0.4) is 0 Å². The summed E-state index contributed by atoms with van der Waals surface area (Å²) in [6.45, 7) is 0. The third-order valence-corrected chi connectivity index (χ3v) is 6.76. The van der Waals surface area contributed by atoms with Crippen molar-refractivity contribution in [1.82, 2.24) is 0 Å². The number of hydrogen-bond acceptors (Lipinski definition) is 8. The first-order valence-electron chi connectivity index (χ1n) is 9.58. The standard InChI is InChI=1S/C20H22N2O8S2.2Na/c23-19-7-5-15(31(25,26)27)9-13(19)11-21-17-3-1-2-4-18(17)22-12-14-10-16(32(28,29)30)6-8-20(14)24;;/h5-12,17-18,23-24H,1-4H2,(H,25,26,27)(H,28,29,30);;/q;2*+1/p-2/t17-,18-;;/m0../s1. The van der Waals surface area contributed by atoms with Gasteiger partial charge in [0.05, 0.1) is 21.9 Å². The largest absolute Gasteiger partial charge is 1.00 e. The van der Waals surface area contributed by atoms with Gasteiger partial charge in [-0.3, -0.25) is 19.1 Å². The fourth-order valence-corrected chi connectivity index (χ4v) is 4.40. The molecular formula is C20H20N2Na2O8S2. The summed E-state index contributed by atoms with van der Waals surface area (Å²) >= 11 is 0. The van der Waals surface area contributed by atoms with Crippen LogP contribution >= 0.6 is 0 Å². The van der Waals surface area contributed by atoms with Crippen LogP contribution < -0.4 is 69.3 Å². The molecule has 2 atom stereocenters. The summed E-state index contributed by atoms with van der Waals surface area (Å²) in [6.07, 6.45) is 5.48. The van der Waals surface area contributed by atoms with Gasteiger partial charge in [-0.1, -0.05) is 36.5 Å². The summed E-state index contributed by atoms with van der Waals surface area (Å²) < 4.78 is 63.5. The van der Waals surface area contributed by atoms with Gasteiger partial charge in [-0.25, -0.2) is 0 Å². The molecule has 2 N–H and O–H groups in total. The Balaban J connectivity index is 0.00000289. The zero-order chi connectivity index (χ0) is 23.5. The van der Waals surface area contributed by atoms with E-state index >= 15 is 0 Å². The molecule has 0 radical (unpaired) electrons. The Morgan fingerprint density at radius 3 is 1.41 bits per heavy atom. The Labute approximate surface area is 242 Å². The Hall–Kier alpha value is -0.800. The van der Waals surface area contributed by atoms with E-state index in [0.29, 0.717) is 12.8 Å². The minimum atomic E-state index is -4.47. The van der Waals surface area contributed by atoms with E-state index in [1.54, 1.807) is 0 Å². The molecule has 0 saturated heterocycles. The van der Waals surface area contributed by atoms with Crippen LogP contribution in [-0.2, 0) is 20.2 Å². The van der Waals surface area contributed by atoms with Gasteiger partial charge in [0.15, 0.2) is 0 Å². The summed E-state index contributed by atoms with van der Waals surface area (Å²) in [5.41, 5.74) is -0.00717. The van der Waals surface area contributed by atoms with Gasteiger partial charge in [0.1, 0.15) is 0 Å². The van der Waals surface area contributed by atoms with Crippen LogP contribution in [0.25, 0.3) is 0 Å². The van der Waals surface area contributed by atoms with Crippen molar-refractivity contribution >= 4 is 32.7 Å². The Bertz CT molecular complexity index is 1180. The van der Waals surface area contributed by atoms with Crippen LogP contribution in [0, 0.1) is 0 Å². The van der Waals surface area contributed by atoms with E-state index in [0.717, 1.165) is 49.2 Å². The minimum Gasteiger partial charge on any atom is -0.872 e. The van der Waals surface area contributed by atoms with Crippen molar-refractivity contribution in [2.75, 3.05) is 0 Å². The van der Waals surface area contributed by atoms with Crippen LogP contribution in [0.2, 0.25) is 0 Å². The number of nitrogens with zero attached hydrogens (tertiary/aromatic N) is 2. The minimum absolute atomic E-state index is 0. The number of aliphatic imine (C=N–C) groups is 2. The molecule has 2 aromatic rings. The average Bonchev–Trinajstić information content (AvgIpc) is 2.71. The van der Waals surface area contributed by atoms with Crippen LogP contribution in [0.5, 0.6) is 11.5 Å². The molecule has 172 valence electrons. The quantitative estimate of drug-likeness (QED) is 0.214. The van der Waals surface area contributed by atoms with Gasteiger partial charge >= 0.3 is 59.1 Å². The Morgan fingerprint density at radius 1 is 0.735 bits per heavy atom. The van der Waals surface area contributed by atoms with Crippen molar-refractivity contribution in [1.29, 1.82) is 0 Å². The van der Waals surface area contributed by atoms with Crippen molar-refractivity contribution in [3.63, 3.8) is 0 Å². The third-order valence-electron chi connectivity index (χ3n) is 5.06. The fraction of sp³-hybridized carbons (Fsp3) is 0.300. The second-order valence-electron chi connectivity index (χ2n) is 7.32. The number of benzene rings is 2. The van der Waals surface area contributed by atoms with E-state index in [1.165, 1.54) is 12.4 Å². The normalized spacial score (nSPS) is 19.0. The van der Waals surface area contributed by atoms with Crippen LogP contribution in [-0.4, -0.2) is 50.5 Å². The predicted molar refractivity (Wildman–Crippen MR) is 113 cm³/mol. The van der Waals surface area contributed by atoms with Gasteiger partial charge < -0.3 is 10.2 Å². The molecule has 0 spiro atoms. The smallest absolute Gasteiger partial charge is 0.872 e. The topological polar surface area (TPSA) is 180 Å². The van der Waals surface area contributed by atoms with Gasteiger partial charge in [-0.15, -0.1) is 0 Å². The van der Waals surface area contributed by atoms with Crippen LogP contribution in [0.1, 0.15) is 36.8 Å². The molecule has 3 rings (SSSR count). The summed E-state index contributed by atoms with van der Waals surface area (Å²) in [4.78, 5) is 7.93. The van der Waals surface area contributed by atoms with E-state index in [2.05, 4.69) is 9.98 Å². The molecule has 0 amide bonds. The summed E-state index contributed by atoms with van der Waals surface area (Å²) in [5, 5.41) is 24.0. The Kier molecular flexibility index (Phi) is 11.9. The van der Waals surface area contributed by atoms with Gasteiger partial charge in [0, 0.05) is 12.4 Å². The summed E-state index contributed by atoms with van der Waals surface area (Å²) in [7, 11) is -8.94. The average molecular weight is 527 g/mol. The maximum absolute atomic E-state index is 12.0. The molecule has 10 nitrogen and oxygen atoms in total. The zero-order valence-corrected chi connectivity index (χ0v) is 24.3. The SMILES string of the molecule is O=S(=O)(O)c1ccc([O-])c(C=N[C@H]2CCCC[C@@H]2N=Cc2cc(S(=O)(=O)O)ccc2[O-])c1.[Na+].[Na+]. The van der Waals surface area contributed by atoms with Crippen molar-refractivity contribution < 1.29 is 95.3 Å². The Morgan fingerprint density at radius 2 is 1.09 bits per heavy atom. The second kappa shape index (κ2) is 12.9. The van der Waals surface area contributed by atoms with Crippen LogP contribution in [0.4, 0.5) is 0 Å². The molecule has 14 heteroatoms. The fourth-order valence-electron chi connectivity index (χ4n) is 3.37. The molecule has 1 fully saturated rings. The number of hydrogen-bond donors (Lipinski definition) is 2.